The van der Waals surface area contributed by atoms with E-state index in [1.807, 2.05) is 27.7 Å². The molecule has 0 aromatic heterocycles. The van der Waals surface area contributed by atoms with Crippen LogP contribution in [-0.4, -0.2) is 79.8 Å². The summed E-state index contributed by atoms with van der Waals surface area (Å²) in [4.78, 5) is 10.8. The van der Waals surface area contributed by atoms with Crippen molar-refractivity contribution in [3.05, 3.63) is 0 Å². The Kier molecular flexibility index (Phi) is 26.2. The van der Waals surface area contributed by atoms with Gasteiger partial charge in [-0.25, -0.2) is 8.42 Å². The quantitative estimate of drug-likeness (QED) is 0.192. The zero-order chi connectivity index (χ0) is 28.0. The van der Waals surface area contributed by atoms with Crippen molar-refractivity contribution in [3.8, 4) is 0 Å². The van der Waals surface area contributed by atoms with Crippen LogP contribution in [0.1, 0.15) is 89.0 Å². The molecule has 214 valence electrons. The number of nitrogens with one attached hydrogen (secondary N) is 1. The molecule has 0 unspecified atom stereocenters. The Balaban J connectivity index is -0.00000242. The van der Waals surface area contributed by atoms with Gasteiger partial charge in [-0.15, -0.1) is 0 Å². The number of rotatable bonds is 19. The predicted molar refractivity (Wildman–Crippen MR) is 159 cm³/mol. The molecule has 9 heteroatoms. The molecule has 0 saturated heterocycles. The lowest BCUT2D eigenvalue weighted by atomic mass is 10.0. The number of hydrogen-bond acceptors (Lipinski definition) is 7. The highest BCUT2D eigenvalue weighted by Crippen LogP contribution is 2.22. The van der Waals surface area contributed by atoms with Gasteiger partial charge in [0, 0.05) is 37.3 Å². The van der Waals surface area contributed by atoms with E-state index in [-0.39, 0.29) is 28.6 Å². The first-order valence-electron chi connectivity index (χ1n) is 13.1. The lowest BCUT2D eigenvalue weighted by Gasteiger charge is -2.30. The summed E-state index contributed by atoms with van der Waals surface area (Å²) in [6.07, 6.45) is 1.72. The maximum Gasteiger partial charge on any atom is 0.216 e. The van der Waals surface area contributed by atoms with E-state index in [2.05, 4.69) is 46.9 Å². The number of carbonyl (C=O) groups excluding carboxylic acids is 1. The molecule has 0 aliphatic rings. The molecule has 0 aromatic carbocycles. The van der Waals surface area contributed by atoms with Crippen molar-refractivity contribution < 1.29 is 22.7 Å². The molecule has 0 rings (SSSR count). The van der Waals surface area contributed by atoms with E-state index in [9.17, 15) is 13.2 Å². The standard InChI is InChI=1S/C22H45NO5S3.2C2H6/c1-19(2)18-28-21(4,5)8-11-27-22(6,7)9-12-29-14-16-31(25,26)17-15-30-13-10-23-20(3)24;2*1-2/h19H,8-18H2,1-7H3,(H,23,24);2*1-2H3. The SMILES string of the molecule is CC.CC.CC(=O)NCCSCCS(=O)(=O)CCSCCC(C)(C)OCCC(C)(C)OCC(C)C. The summed E-state index contributed by atoms with van der Waals surface area (Å²) >= 11 is 3.23. The third-order valence-electron chi connectivity index (χ3n) is 4.55. The van der Waals surface area contributed by atoms with E-state index in [1.165, 1.54) is 6.92 Å². The highest BCUT2D eigenvalue weighted by Gasteiger charge is 2.23. The van der Waals surface area contributed by atoms with Gasteiger partial charge in [-0.2, -0.15) is 23.5 Å². The average molecular weight is 560 g/mol. The fourth-order valence-electron chi connectivity index (χ4n) is 2.40. The van der Waals surface area contributed by atoms with Gasteiger partial charge in [0.25, 0.3) is 0 Å². The average Bonchev–Trinajstić information content (AvgIpc) is 2.76. The van der Waals surface area contributed by atoms with Crippen molar-refractivity contribution in [1.82, 2.24) is 5.32 Å². The van der Waals surface area contributed by atoms with Crippen LogP contribution >= 0.6 is 23.5 Å². The van der Waals surface area contributed by atoms with E-state index >= 15 is 0 Å². The zero-order valence-electron chi connectivity index (χ0n) is 24.6. The minimum Gasteiger partial charge on any atom is -0.375 e. The molecule has 0 bridgehead atoms. The molecule has 0 saturated carbocycles. The summed E-state index contributed by atoms with van der Waals surface area (Å²) in [5, 5.41) is 2.70. The molecule has 0 atom stereocenters. The second-order valence-electron chi connectivity index (χ2n) is 9.43. The Morgan fingerprint density at radius 2 is 1.31 bits per heavy atom. The normalized spacial score (nSPS) is 11.9. The molecule has 1 amide bonds. The zero-order valence-corrected chi connectivity index (χ0v) is 27.1. The molecule has 35 heavy (non-hydrogen) atoms. The Labute approximate surface area is 227 Å². The van der Waals surface area contributed by atoms with E-state index < -0.39 is 9.84 Å². The van der Waals surface area contributed by atoms with Crippen LogP contribution < -0.4 is 5.32 Å². The van der Waals surface area contributed by atoms with Crippen molar-refractivity contribution in [2.24, 2.45) is 5.92 Å². The molecule has 0 aliphatic heterocycles. The van der Waals surface area contributed by atoms with E-state index in [0.717, 1.165) is 31.0 Å². The molecule has 1 N–H and O–H groups in total. The molecule has 0 aliphatic carbocycles. The molecule has 0 spiro atoms. The van der Waals surface area contributed by atoms with E-state index in [1.54, 1.807) is 23.5 Å². The summed E-state index contributed by atoms with van der Waals surface area (Å²) in [6.45, 7) is 24.1. The molecule has 0 aromatic rings. The van der Waals surface area contributed by atoms with Gasteiger partial charge in [-0.05, 0) is 52.2 Å². The van der Waals surface area contributed by atoms with Gasteiger partial charge < -0.3 is 14.8 Å². The van der Waals surface area contributed by atoms with Gasteiger partial charge >= 0.3 is 0 Å². The first-order chi connectivity index (χ1) is 16.2. The van der Waals surface area contributed by atoms with Crippen molar-refractivity contribution in [1.29, 1.82) is 0 Å². The number of amides is 1. The van der Waals surface area contributed by atoms with Crippen molar-refractivity contribution in [2.75, 3.05) is 54.3 Å². The summed E-state index contributed by atoms with van der Waals surface area (Å²) in [7, 11) is -3.02. The number of sulfone groups is 1. The lowest BCUT2D eigenvalue weighted by Crippen LogP contribution is -2.32. The summed E-state index contributed by atoms with van der Waals surface area (Å²) < 4.78 is 36.3. The van der Waals surface area contributed by atoms with E-state index in [0.29, 0.717) is 30.6 Å². The molecule has 0 radical (unpaired) electrons. The highest BCUT2D eigenvalue weighted by atomic mass is 32.2. The number of thioether (sulfide) groups is 2. The molecular formula is C26H57NO5S3. The Morgan fingerprint density at radius 3 is 1.80 bits per heavy atom. The van der Waals surface area contributed by atoms with Gasteiger partial charge in [-0.3, -0.25) is 4.79 Å². The van der Waals surface area contributed by atoms with Crippen molar-refractivity contribution >= 4 is 39.3 Å². The predicted octanol–water partition coefficient (Wildman–Crippen LogP) is 6.08. The van der Waals surface area contributed by atoms with Crippen LogP contribution in [0.2, 0.25) is 0 Å². The highest BCUT2D eigenvalue weighted by molar-refractivity contribution is 8.02. The van der Waals surface area contributed by atoms with Gasteiger partial charge in [0.05, 0.1) is 29.3 Å². The van der Waals surface area contributed by atoms with Crippen LogP contribution in [0.4, 0.5) is 0 Å². The largest absolute Gasteiger partial charge is 0.375 e. The molecule has 0 heterocycles. The monoisotopic (exact) mass is 559 g/mol. The fourth-order valence-corrected chi connectivity index (χ4v) is 6.87. The van der Waals surface area contributed by atoms with Gasteiger partial charge in [0.15, 0.2) is 9.84 Å². The van der Waals surface area contributed by atoms with Gasteiger partial charge in [-0.1, -0.05) is 41.5 Å². The summed E-state index contributed by atoms with van der Waals surface area (Å²) in [5.41, 5.74) is -0.420. The second kappa shape index (κ2) is 23.2. The number of hydrogen-bond donors (Lipinski definition) is 1. The number of ether oxygens (including phenoxy) is 2. The van der Waals surface area contributed by atoms with Crippen molar-refractivity contribution in [3.63, 3.8) is 0 Å². The minimum absolute atomic E-state index is 0.0571. The first-order valence-corrected chi connectivity index (χ1v) is 17.3. The first kappa shape index (κ1) is 39.6. The molecule has 0 fully saturated rings. The molecular weight excluding hydrogens is 502 g/mol. The summed E-state index contributed by atoms with van der Waals surface area (Å²) in [5.74, 6) is 3.68. The Bertz CT molecular complexity index is 594. The van der Waals surface area contributed by atoms with Crippen LogP contribution in [0.5, 0.6) is 0 Å². The topological polar surface area (TPSA) is 81.7 Å². The lowest BCUT2D eigenvalue weighted by molar-refractivity contribution is -0.118. The van der Waals surface area contributed by atoms with Crippen LogP contribution in [0.3, 0.4) is 0 Å². The van der Waals surface area contributed by atoms with Crippen LogP contribution in [-0.2, 0) is 24.1 Å². The smallest absolute Gasteiger partial charge is 0.216 e. The van der Waals surface area contributed by atoms with Crippen LogP contribution in [0, 0.1) is 5.92 Å². The van der Waals surface area contributed by atoms with Crippen LogP contribution in [0.15, 0.2) is 0 Å². The summed E-state index contributed by atoms with van der Waals surface area (Å²) in [6, 6.07) is 0. The van der Waals surface area contributed by atoms with Crippen molar-refractivity contribution in [2.45, 2.75) is 100 Å². The van der Waals surface area contributed by atoms with Crippen LogP contribution in [0.25, 0.3) is 0 Å². The Hall–Kier alpha value is 0.0400. The maximum absolute atomic E-state index is 12.1. The fraction of sp³-hybridized carbons (Fsp3) is 0.962. The number of carbonyl (C=O) groups is 1. The Morgan fingerprint density at radius 1 is 0.829 bits per heavy atom. The second-order valence-corrected chi connectivity index (χ2v) is 14.2. The minimum atomic E-state index is -3.02. The molecule has 6 nitrogen and oxygen atoms in total. The maximum atomic E-state index is 12.1. The van der Waals surface area contributed by atoms with E-state index in [4.69, 9.17) is 9.47 Å². The third-order valence-corrected chi connectivity index (χ3v) is 8.69. The van der Waals surface area contributed by atoms with Gasteiger partial charge in [0.1, 0.15) is 0 Å². The third kappa shape index (κ3) is 30.2. The van der Waals surface area contributed by atoms with Gasteiger partial charge in [0.2, 0.25) is 5.91 Å².